The van der Waals surface area contributed by atoms with E-state index in [2.05, 4.69) is 0 Å². The maximum atomic E-state index is 12.4. The molecule has 0 unspecified atom stereocenters. The lowest BCUT2D eigenvalue weighted by Gasteiger charge is -2.15. The molecule has 1 heterocycles. The molecule has 1 aliphatic rings. The highest BCUT2D eigenvalue weighted by molar-refractivity contribution is 7.89. The van der Waals surface area contributed by atoms with Crippen LogP contribution in [0.1, 0.15) is 6.42 Å². The van der Waals surface area contributed by atoms with Gasteiger partial charge < -0.3 is 4.74 Å². The molecule has 0 radical (unpaired) electrons. The van der Waals surface area contributed by atoms with Gasteiger partial charge in [0.15, 0.2) is 0 Å². The van der Waals surface area contributed by atoms with Crippen molar-refractivity contribution in [2.24, 2.45) is 0 Å². The van der Waals surface area contributed by atoms with Crippen LogP contribution in [0.5, 0.6) is 11.5 Å². The molecule has 0 N–H and O–H groups in total. The predicted octanol–water partition coefficient (Wildman–Crippen LogP) is 2.44. The number of para-hydroxylation sites is 1. The molecule has 22 heavy (non-hydrogen) atoms. The number of nitrogens with zero attached hydrogens (tertiary/aromatic N) is 1. The molecule has 6 heteroatoms. The molecule has 2 aromatic carbocycles. The van der Waals surface area contributed by atoms with E-state index in [0.717, 1.165) is 0 Å². The largest absolute Gasteiger partial charge is 0.457 e. The van der Waals surface area contributed by atoms with Crippen molar-refractivity contribution in [2.75, 3.05) is 13.1 Å². The number of Topliss-reactive ketones (excluding diaryl/α,β-unsaturated/α-hetero) is 1. The van der Waals surface area contributed by atoms with Gasteiger partial charge in [-0.3, -0.25) is 4.79 Å². The molecule has 0 bridgehead atoms. The second kappa shape index (κ2) is 5.90. The number of carbonyl (C=O) groups is 1. The van der Waals surface area contributed by atoms with Gasteiger partial charge >= 0.3 is 0 Å². The van der Waals surface area contributed by atoms with Crippen LogP contribution >= 0.6 is 0 Å². The van der Waals surface area contributed by atoms with Crippen LogP contribution in [0.3, 0.4) is 0 Å². The Hall–Kier alpha value is -2.18. The van der Waals surface area contributed by atoms with Crippen LogP contribution in [0.4, 0.5) is 0 Å². The fraction of sp³-hybridized carbons (Fsp3) is 0.188. The normalized spacial score (nSPS) is 15.9. The van der Waals surface area contributed by atoms with Crippen molar-refractivity contribution >= 4 is 15.8 Å². The van der Waals surface area contributed by atoms with E-state index in [4.69, 9.17) is 4.74 Å². The third kappa shape index (κ3) is 3.03. The molecule has 0 atom stereocenters. The second-order valence-corrected chi connectivity index (χ2v) is 6.95. The molecular formula is C16H15NO4S. The first-order valence-corrected chi connectivity index (χ1v) is 8.34. The number of ketones is 1. The van der Waals surface area contributed by atoms with Gasteiger partial charge in [0, 0.05) is 13.0 Å². The molecular weight excluding hydrogens is 302 g/mol. The smallest absolute Gasteiger partial charge is 0.243 e. The minimum atomic E-state index is -3.60. The zero-order chi connectivity index (χ0) is 15.6. The van der Waals surface area contributed by atoms with Crippen LogP contribution in [0.15, 0.2) is 59.5 Å². The molecule has 1 aliphatic heterocycles. The van der Waals surface area contributed by atoms with Crippen molar-refractivity contribution in [3.05, 3.63) is 54.6 Å². The zero-order valence-electron chi connectivity index (χ0n) is 11.8. The Balaban J connectivity index is 1.78. The first-order valence-electron chi connectivity index (χ1n) is 6.90. The van der Waals surface area contributed by atoms with E-state index in [1.807, 2.05) is 30.3 Å². The molecule has 0 spiro atoms. The molecule has 0 saturated carbocycles. The Morgan fingerprint density at radius 2 is 1.55 bits per heavy atom. The van der Waals surface area contributed by atoms with Crippen LogP contribution in [-0.4, -0.2) is 31.6 Å². The van der Waals surface area contributed by atoms with E-state index in [-0.39, 0.29) is 30.2 Å². The fourth-order valence-corrected chi connectivity index (χ4v) is 3.69. The highest BCUT2D eigenvalue weighted by Crippen LogP contribution is 2.25. The van der Waals surface area contributed by atoms with E-state index in [1.165, 1.54) is 16.4 Å². The van der Waals surface area contributed by atoms with Gasteiger partial charge in [0.2, 0.25) is 10.0 Å². The monoisotopic (exact) mass is 317 g/mol. The lowest BCUT2D eigenvalue weighted by atomic mass is 10.3. The highest BCUT2D eigenvalue weighted by atomic mass is 32.2. The van der Waals surface area contributed by atoms with Crippen LogP contribution in [-0.2, 0) is 14.8 Å². The number of ether oxygens (including phenoxy) is 1. The van der Waals surface area contributed by atoms with Crippen molar-refractivity contribution in [3.63, 3.8) is 0 Å². The Kier molecular flexibility index (Phi) is 3.96. The number of hydrogen-bond donors (Lipinski definition) is 0. The molecule has 3 rings (SSSR count). The first kappa shape index (κ1) is 14.7. The number of rotatable bonds is 4. The van der Waals surface area contributed by atoms with E-state index >= 15 is 0 Å². The predicted molar refractivity (Wildman–Crippen MR) is 81.3 cm³/mol. The summed E-state index contributed by atoms with van der Waals surface area (Å²) >= 11 is 0. The second-order valence-electron chi connectivity index (χ2n) is 5.01. The van der Waals surface area contributed by atoms with Gasteiger partial charge in [-0.25, -0.2) is 8.42 Å². The molecule has 2 aromatic rings. The maximum Gasteiger partial charge on any atom is 0.243 e. The summed E-state index contributed by atoms with van der Waals surface area (Å²) in [5.41, 5.74) is 0. The Morgan fingerprint density at radius 1 is 0.909 bits per heavy atom. The summed E-state index contributed by atoms with van der Waals surface area (Å²) in [5.74, 6) is 1.19. The molecule has 114 valence electrons. The quantitative estimate of drug-likeness (QED) is 0.869. The Morgan fingerprint density at radius 3 is 2.14 bits per heavy atom. The van der Waals surface area contributed by atoms with Gasteiger partial charge in [-0.15, -0.1) is 0 Å². The summed E-state index contributed by atoms with van der Waals surface area (Å²) in [6.07, 6.45) is 0.286. The SMILES string of the molecule is O=C1CCN(S(=O)(=O)c2ccc(Oc3ccccc3)cc2)C1. The zero-order valence-corrected chi connectivity index (χ0v) is 12.6. The number of sulfonamides is 1. The summed E-state index contributed by atoms with van der Waals surface area (Å²) in [5, 5.41) is 0. The summed E-state index contributed by atoms with van der Waals surface area (Å²) in [6.45, 7) is 0.216. The fourth-order valence-electron chi connectivity index (χ4n) is 2.26. The highest BCUT2D eigenvalue weighted by Gasteiger charge is 2.31. The van der Waals surface area contributed by atoms with E-state index in [0.29, 0.717) is 11.5 Å². The average molecular weight is 317 g/mol. The van der Waals surface area contributed by atoms with Crippen molar-refractivity contribution in [1.82, 2.24) is 4.31 Å². The summed E-state index contributed by atoms with van der Waals surface area (Å²) in [6, 6.07) is 15.5. The molecule has 1 fully saturated rings. The van der Waals surface area contributed by atoms with Crippen molar-refractivity contribution < 1.29 is 17.9 Å². The first-order chi connectivity index (χ1) is 10.6. The molecule has 0 aromatic heterocycles. The van der Waals surface area contributed by atoms with E-state index in [9.17, 15) is 13.2 Å². The summed E-state index contributed by atoms with van der Waals surface area (Å²) in [7, 11) is -3.60. The van der Waals surface area contributed by atoms with Gasteiger partial charge in [-0.2, -0.15) is 4.31 Å². The topological polar surface area (TPSA) is 63.7 Å². The van der Waals surface area contributed by atoms with Gasteiger partial charge in [-0.1, -0.05) is 18.2 Å². The minimum Gasteiger partial charge on any atom is -0.457 e. The van der Waals surface area contributed by atoms with E-state index in [1.54, 1.807) is 12.1 Å². The number of hydrogen-bond acceptors (Lipinski definition) is 4. The lowest BCUT2D eigenvalue weighted by Crippen LogP contribution is -2.28. The van der Waals surface area contributed by atoms with Crippen LogP contribution < -0.4 is 4.74 Å². The van der Waals surface area contributed by atoms with Crippen molar-refractivity contribution in [3.8, 4) is 11.5 Å². The summed E-state index contributed by atoms with van der Waals surface area (Å²) in [4.78, 5) is 11.4. The Labute approximate surface area is 129 Å². The number of carbonyl (C=O) groups excluding carboxylic acids is 1. The van der Waals surface area contributed by atoms with E-state index < -0.39 is 10.0 Å². The third-order valence-electron chi connectivity index (χ3n) is 3.43. The lowest BCUT2D eigenvalue weighted by molar-refractivity contribution is -0.116. The molecule has 0 amide bonds. The van der Waals surface area contributed by atoms with Gasteiger partial charge in [0.1, 0.15) is 17.3 Å². The van der Waals surface area contributed by atoms with Gasteiger partial charge in [0.25, 0.3) is 0 Å². The van der Waals surface area contributed by atoms with Crippen molar-refractivity contribution in [1.29, 1.82) is 0 Å². The standard InChI is InChI=1S/C16H15NO4S/c18-13-10-11-17(12-13)22(19,20)16-8-6-15(7-9-16)21-14-4-2-1-3-5-14/h1-9H,10-12H2. The molecule has 1 saturated heterocycles. The van der Waals surface area contributed by atoms with Gasteiger partial charge in [0.05, 0.1) is 11.4 Å². The molecule has 0 aliphatic carbocycles. The number of benzene rings is 2. The van der Waals surface area contributed by atoms with Crippen LogP contribution in [0, 0.1) is 0 Å². The average Bonchev–Trinajstić information content (AvgIpc) is 2.96. The maximum absolute atomic E-state index is 12.4. The van der Waals surface area contributed by atoms with Crippen LogP contribution in [0.2, 0.25) is 0 Å². The van der Waals surface area contributed by atoms with Gasteiger partial charge in [-0.05, 0) is 36.4 Å². The minimum absolute atomic E-state index is 0.0371. The Bertz CT molecular complexity index is 770. The van der Waals surface area contributed by atoms with Crippen molar-refractivity contribution in [2.45, 2.75) is 11.3 Å². The van der Waals surface area contributed by atoms with Crippen LogP contribution in [0.25, 0.3) is 0 Å². The summed E-state index contributed by atoms with van der Waals surface area (Å²) < 4.78 is 31.6. The molecule has 5 nitrogen and oxygen atoms in total. The third-order valence-corrected chi connectivity index (χ3v) is 5.29.